The molecule has 0 amide bonds. The molecule has 11 heteroatoms. The molecule has 0 aromatic heterocycles. The highest BCUT2D eigenvalue weighted by atomic mass is 32.2. The predicted octanol–water partition coefficient (Wildman–Crippen LogP) is 1.70. The Morgan fingerprint density at radius 3 is 1.90 bits per heavy atom. The van der Waals surface area contributed by atoms with Crippen molar-refractivity contribution in [2.24, 2.45) is 0 Å². The quantitative estimate of drug-likeness (QED) is 0.633. The van der Waals surface area contributed by atoms with Crippen LogP contribution in [0.3, 0.4) is 0 Å². The van der Waals surface area contributed by atoms with Gasteiger partial charge in [0, 0.05) is 38.7 Å². The zero-order chi connectivity index (χ0) is 23.0. The second-order valence-corrected chi connectivity index (χ2v) is 13.7. The molecule has 0 radical (unpaired) electrons. The molecule has 1 aliphatic heterocycles. The van der Waals surface area contributed by atoms with Gasteiger partial charge in [-0.2, -0.15) is 4.31 Å². The van der Waals surface area contributed by atoms with Crippen LogP contribution in [0.5, 0.6) is 0 Å². The van der Waals surface area contributed by atoms with Crippen molar-refractivity contribution in [2.75, 3.05) is 43.6 Å². The van der Waals surface area contributed by atoms with Gasteiger partial charge in [-0.05, 0) is 43.7 Å². The van der Waals surface area contributed by atoms with Gasteiger partial charge in [-0.15, -0.1) is 0 Å². The van der Waals surface area contributed by atoms with E-state index in [4.69, 9.17) is 0 Å². The first-order chi connectivity index (χ1) is 14.3. The Hall–Kier alpha value is -1.95. The standard InChI is InChI=1S/C20H26N2O6S3/c1-16-5-7-17(8-6-16)31(27,28)22-12-4-11-21(13-14-22)19-10-9-18(29(2,23)24)15-20(19)30(3,25)26/h5-10,15H,4,11-14H2,1-3H3. The van der Waals surface area contributed by atoms with E-state index >= 15 is 0 Å². The molecule has 1 heterocycles. The monoisotopic (exact) mass is 486 g/mol. The van der Waals surface area contributed by atoms with Crippen molar-refractivity contribution in [3.63, 3.8) is 0 Å². The minimum atomic E-state index is -3.70. The van der Waals surface area contributed by atoms with E-state index < -0.39 is 29.7 Å². The van der Waals surface area contributed by atoms with Gasteiger partial charge in [0.2, 0.25) is 10.0 Å². The first-order valence-corrected chi connectivity index (χ1v) is 14.9. The molecule has 0 N–H and O–H groups in total. The zero-order valence-corrected chi connectivity index (χ0v) is 20.1. The van der Waals surface area contributed by atoms with Crippen LogP contribution in [-0.4, -0.2) is 68.2 Å². The lowest BCUT2D eigenvalue weighted by atomic mass is 10.2. The highest BCUT2D eigenvalue weighted by Crippen LogP contribution is 2.30. The highest BCUT2D eigenvalue weighted by molar-refractivity contribution is 7.91. The number of rotatable bonds is 5. The van der Waals surface area contributed by atoms with Crippen molar-refractivity contribution in [1.29, 1.82) is 0 Å². The van der Waals surface area contributed by atoms with Crippen molar-refractivity contribution in [3.05, 3.63) is 48.0 Å². The SMILES string of the molecule is Cc1ccc(S(=O)(=O)N2CCCN(c3ccc(S(C)(=O)=O)cc3S(C)(=O)=O)CC2)cc1. The van der Waals surface area contributed by atoms with Crippen LogP contribution < -0.4 is 4.90 Å². The summed E-state index contributed by atoms with van der Waals surface area (Å²) in [6, 6.07) is 10.7. The third-order valence-electron chi connectivity index (χ3n) is 5.21. The van der Waals surface area contributed by atoms with Gasteiger partial charge in [0.05, 0.1) is 20.4 Å². The van der Waals surface area contributed by atoms with E-state index in [0.29, 0.717) is 25.2 Å². The van der Waals surface area contributed by atoms with E-state index in [0.717, 1.165) is 18.1 Å². The molecule has 170 valence electrons. The Labute approximate surface area is 184 Å². The zero-order valence-electron chi connectivity index (χ0n) is 17.6. The third-order valence-corrected chi connectivity index (χ3v) is 9.36. The molecule has 0 aliphatic carbocycles. The van der Waals surface area contributed by atoms with E-state index in [1.54, 1.807) is 29.2 Å². The summed E-state index contributed by atoms with van der Waals surface area (Å²) in [6.07, 6.45) is 2.56. The minimum Gasteiger partial charge on any atom is -0.369 e. The lowest BCUT2D eigenvalue weighted by molar-refractivity contribution is 0.433. The number of hydrogen-bond donors (Lipinski definition) is 0. The number of sulfonamides is 1. The first-order valence-electron chi connectivity index (χ1n) is 9.66. The Bertz CT molecular complexity index is 1280. The lowest BCUT2D eigenvalue weighted by Crippen LogP contribution is -2.35. The topological polar surface area (TPSA) is 109 Å². The smallest absolute Gasteiger partial charge is 0.243 e. The fraction of sp³-hybridized carbons (Fsp3) is 0.400. The maximum Gasteiger partial charge on any atom is 0.243 e. The van der Waals surface area contributed by atoms with Crippen LogP contribution in [0.1, 0.15) is 12.0 Å². The molecule has 0 saturated carbocycles. The molecule has 2 aromatic carbocycles. The Morgan fingerprint density at radius 1 is 0.710 bits per heavy atom. The van der Waals surface area contributed by atoms with E-state index in [1.807, 2.05) is 6.92 Å². The number of anilines is 1. The van der Waals surface area contributed by atoms with Gasteiger partial charge < -0.3 is 4.90 Å². The Kier molecular flexibility index (Phi) is 6.52. The summed E-state index contributed by atoms with van der Waals surface area (Å²) in [5, 5.41) is 0. The summed E-state index contributed by atoms with van der Waals surface area (Å²) in [6.45, 7) is 3.11. The Balaban J connectivity index is 1.91. The maximum atomic E-state index is 13.0. The molecule has 0 unspecified atom stereocenters. The average Bonchev–Trinajstić information content (AvgIpc) is 2.93. The number of nitrogens with zero attached hydrogens (tertiary/aromatic N) is 2. The van der Waals surface area contributed by atoms with Crippen LogP contribution in [0.4, 0.5) is 5.69 Å². The van der Waals surface area contributed by atoms with Gasteiger partial charge in [-0.25, -0.2) is 25.3 Å². The first kappa shape index (κ1) is 23.7. The molecule has 0 spiro atoms. The van der Waals surface area contributed by atoms with Crippen molar-refractivity contribution < 1.29 is 25.3 Å². The van der Waals surface area contributed by atoms with E-state index in [2.05, 4.69) is 0 Å². The molecule has 3 rings (SSSR count). The molecule has 1 saturated heterocycles. The molecular formula is C20H26N2O6S3. The van der Waals surface area contributed by atoms with Gasteiger partial charge >= 0.3 is 0 Å². The molecule has 1 fully saturated rings. The predicted molar refractivity (Wildman–Crippen MR) is 119 cm³/mol. The van der Waals surface area contributed by atoms with Crippen LogP contribution in [0.15, 0.2) is 57.2 Å². The van der Waals surface area contributed by atoms with E-state index in [9.17, 15) is 25.3 Å². The van der Waals surface area contributed by atoms with Crippen molar-refractivity contribution in [3.8, 4) is 0 Å². The summed E-state index contributed by atoms with van der Waals surface area (Å²) >= 11 is 0. The van der Waals surface area contributed by atoms with Gasteiger partial charge in [-0.3, -0.25) is 0 Å². The van der Waals surface area contributed by atoms with Gasteiger partial charge in [0.25, 0.3) is 0 Å². The van der Waals surface area contributed by atoms with E-state index in [1.165, 1.54) is 22.5 Å². The second-order valence-electron chi connectivity index (χ2n) is 7.73. The van der Waals surface area contributed by atoms with Gasteiger partial charge in [-0.1, -0.05) is 17.7 Å². The maximum absolute atomic E-state index is 13.0. The molecule has 8 nitrogen and oxygen atoms in total. The molecule has 1 aliphatic rings. The van der Waals surface area contributed by atoms with Crippen LogP contribution in [-0.2, 0) is 29.7 Å². The molecule has 31 heavy (non-hydrogen) atoms. The van der Waals surface area contributed by atoms with Crippen LogP contribution in [0, 0.1) is 6.92 Å². The summed E-state index contributed by atoms with van der Waals surface area (Å²) in [7, 11) is -10.9. The minimum absolute atomic E-state index is 0.0740. The van der Waals surface area contributed by atoms with Gasteiger partial charge in [0.15, 0.2) is 19.7 Å². The summed E-state index contributed by atoms with van der Waals surface area (Å²) in [5.74, 6) is 0. The third kappa shape index (κ3) is 5.28. The van der Waals surface area contributed by atoms with E-state index in [-0.39, 0.29) is 27.8 Å². The average molecular weight is 487 g/mol. The lowest BCUT2D eigenvalue weighted by Gasteiger charge is -2.25. The Morgan fingerprint density at radius 2 is 1.32 bits per heavy atom. The van der Waals surface area contributed by atoms with Crippen molar-refractivity contribution >= 4 is 35.4 Å². The van der Waals surface area contributed by atoms with Crippen molar-refractivity contribution in [2.45, 2.75) is 28.0 Å². The molecule has 2 aromatic rings. The van der Waals surface area contributed by atoms with Gasteiger partial charge in [0.1, 0.15) is 0 Å². The number of hydrogen-bond acceptors (Lipinski definition) is 7. The molecule has 0 bridgehead atoms. The van der Waals surface area contributed by atoms with Crippen LogP contribution in [0.2, 0.25) is 0 Å². The number of aryl methyl sites for hydroxylation is 1. The van der Waals surface area contributed by atoms with Crippen LogP contribution in [0.25, 0.3) is 0 Å². The fourth-order valence-electron chi connectivity index (χ4n) is 3.52. The van der Waals surface area contributed by atoms with Crippen molar-refractivity contribution in [1.82, 2.24) is 4.31 Å². The summed E-state index contributed by atoms with van der Waals surface area (Å²) in [4.78, 5) is 1.87. The normalized spacial score (nSPS) is 16.8. The largest absolute Gasteiger partial charge is 0.369 e. The number of sulfone groups is 2. The summed E-state index contributed by atoms with van der Waals surface area (Å²) in [5.41, 5.74) is 1.34. The van der Waals surface area contributed by atoms with Crippen LogP contribution >= 0.6 is 0 Å². The molecule has 0 atom stereocenters. The fourth-order valence-corrected chi connectivity index (χ4v) is 6.63. The number of benzene rings is 2. The summed E-state index contributed by atoms with van der Waals surface area (Å²) < 4.78 is 75.9. The second kappa shape index (κ2) is 8.53. The molecular weight excluding hydrogens is 460 g/mol. The highest BCUT2D eigenvalue weighted by Gasteiger charge is 2.29.